The van der Waals surface area contributed by atoms with Crippen molar-refractivity contribution in [2.75, 3.05) is 18.4 Å². The summed E-state index contributed by atoms with van der Waals surface area (Å²) in [4.78, 5) is 16.3. The van der Waals surface area contributed by atoms with Crippen LogP contribution in [0.5, 0.6) is 0 Å². The summed E-state index contributed by atoms with van der Waals surface area (Å²) in [6.07, 6.45) is 5.78. The Morgan fingerprint density at radius 2 is 2.32 bits per heavy atom. The maximum atomic E-state index is 12.2. The SMILES string of the molecule is Cc1ccnc(NC(=O)c2ccn(C3CCCNC3)n2)c1.Cl. The number of hydrogen-bond donors (Lipinski definition) is 2. The zero-order chi connectivity index (χ0) is 14.7. The number of pyridine rings is 1. The van der Waals surface area contributed by atoms with Crippen LogP contribution in [0.2, 0.25) is 0 Å². The van der Waals surface area contributed by atoms with Gasteiger partial charge in [-0.2, -0.15) is 5.10 Å². The van der Waals surface area contributed by atoms with E-state index in [4.69, 9.17) is 0 Å². The summed E-state index contributed by atoms with van der Waals surface area (Å²) >= 11 is 0. The van der Waals surface area contributed by atoms with E-state index in [-0.39, 0.29) is 18.3 Å². The van der Waals surface area contributed by atoms with Gasteiger partial charge in [0.05, 0.1) is 6.04 Å². The molecule has 1 saturated heterocycles. The lowest BCUT2D eigenvalue weighted by molar-refractivity contribution is 0.102. The number of carbonyl (C=O) groups excluding carboxylic acids is 1. The second-order valence-corrected chi connectivity index (χ2v) is 5.35. The third-order valence-electron chi connectivity index (χ3n) is 3.64. The van der Waals surface area contributed by atoms with Crippen molar-refractivity contribution >= 4 is 24.1 Å². The number of rotatable bonds is 3. The molecule has 7 heteroatoms. The van der Waals surface area contributed by atoms with E-state index in [0.29, 0.717) is 17.6 Å². The normalized spacial score (nSPS) is 17.6. The maximum absolute atomic E-state index is 12.2. The number of carbonyl (C=O) groups is 1. The van der Waals surface area contributed by atoms with Crippen LogP contribution in [0.15, 0.2) is 30.6 Å². The fraction of sp³-hybridized carbons (Fsp3) is 0.400. The number of halogens is 1. The topological polar surface area (TPSA) is 71.8 Å². The number of nitrogens with one attached hydrogen (secondary N) is 2. The molecular weight excluding hydrogens is 302 g/mol. The molecule has 0 aromatic carbocycles. The third-order valence-corrected chi connectivity index (χ3v) is 3.64. The van der Waals surface area contributed by atoms with Gasteiger partial charge in [-0.15, -0.1) is 12.4 Å². The standard InChI is InChI=1S/C15H19N5O.ClH/c1-11-4-7-17-14(9-11)18-15(21)13-5-8-20(19-13)12-3-2-6-16-10-12;/h4-5,7-9,12,16H,2-3,6,10H2,1H3,(H,17,18,21);1H. The Kier molecular flexibility index (Phi) is 5.51. The van der Waals surface area contributed by atoms with Crippen molar-refractivity contribution in [2.45, 2.75) is 25.8 Å². The van der Waals surface area contributed by atoms with Crippen LogP contribution >= 0.6 is 12.4 Å². The molecule has 1 atom stereocenters. The molecule has 2 aromatic heterocycles. The smallest absolute Gasteiger partial charge is 0.277 e. The number of piperidine rings is 1. The van der Waals surface area contributed by atoms with Crippen LogP contribution in [-0.4, -0.2) is 33.8 Å². The molecule has 0 saturated carbocycles. The lowest BCUT2D eigenvalue weighted by Crippen LogP contribution is -2.32. The Bertz CT molecular complexity index is 636. The number of hydrogen-bond acceptors (Lipinski definition) is 4. The van der Waals surface area contributed by atoms with Gasteiger partial charge in [-0.25, -0.2) is 4.98 Å². The average molecular weight is 322 g/mol. The van der Waals surface area contributed by atoms with Gasteiger partial charge in [-0.3, -0.25) is 9.48 Å². The second kappa shape index (κ2) is 7.38. The number of nitrogens with zero attached hydrogens (tertiary/aromatic N) is 3. The zero-order valence-corrected chi connectivity index (χ0v) is 13.3. The molecule has 2 aromatic rings. The third kappa shape index (κ3) is 3.84. The second-order valence-electron chi connectivity index (χ2n) is 5.35. The van der Waals surface area contributed by atoms with Gasteiger partial charge in [0.1, 0.15) is 5.82 Å². The summed E-state index contributed by atoms with van der Waals surface area (Å²) in [5, 5.41) is 10.5. The molecule has 1 aliphatic heterocycles. The molecule has 1 amide bonds. The highest BCUT2D eigenvalue weighted by Gasteiger charge is 2.17. The van der Waals surface area contributed by atoms with Gasteiger partial charge in [-0.05, 0) is 50.1 Å². The largest absolute Gasteiger partial charge is 0.315 e. The molecule has 3 rings (SSSR count). The van der Waals surface area contributed by atoms with Gasteiger partial charge >= 0.3 is 0 Å². The van der Waals surface area contributed by atoms with Crippen LogP contribution < -0.4 is 10.6 Å². The van der Waals surface area contributed by atoms with E-state index in [9.17, 15) is 4.79 Å². The van der Waals surface area contributed by atoms with Crippen molar-refractivity contribution in [3.05, 3.63) is 41.9 Å². The molecule has 0 spiro atoms. The molecule has 6 nitrogen and oxygen atoms in total. The number of aromatic nitrogens is 3. The van der Waals surface area contributed by atoms with Crippen molar-refractivity contribution in [3.63, 3.8) is 0 Å². The predicted molar refractivity (Wildman–Crippen MR) is 87.5 cm³/mol. The summed E-state index contributed by atoms with van der Waals surface area (Å²) in [5.74, 6) is 0.324. The van der Waals surface area contributed by atoms with Crippen LogP contribution in [0, 0.1) is 6.92 Å². The van der Waals surface area contributed by atoms with Crippen molar-refractivity contribution in [3.8, 4) is 0 Å². The Morgan fingerprint density at radius 3 is 3.05 bits per heavy atom. The van der Waals surface area contributed by atoms with E-state index in [1.807, 2.05) is 29.9 Å². The molecule has 2 N–H and O–H groups in total. The van der Waals surface area contributed by atoms with Crippen LogP contribution in [-0.2, 0) is 0 Å². The van der Waals surface area contributed by atoms with Crippen LogP contribution in [0.1, 0.15) is 34.9 Å². The Balaban J connectivity index is 0.00000176. The van der Waals surface area contributed by atoms with Crippen molar-refractivity contribution in [2.24, 2.45) is 0 Å². The van der Waals surface area contributed by atoms with E-state index in [1.54, 1.807) is 12.3 Å². The minimum atomic E-state index is -0.226. The molecule has 0 bridgehead atoms. The van der Waals surface area contributed by atoms with Crippen LogP contribution in [0.4, 0.5) is 5.82 Å². The van der Waals surface area contributed by atoms with Crippen LogP contribution in [0.25, 0.3) is 0 Å². The molecule has 1 unspecified atom stereocenters. The lowest BCUT2D eigenvalue weighted by Gasteiger charge is -2.22. The first-order valence-corrected chi connectivity index (χ1v) is 7.22. The predicted octanol–water partition coefficient (Wildman–Crippen LogP) is 2.19. The monoisotopic (exact) mass is 321 g/mol. The number of aryl methyl sites for hydroxylation is 1. The molecule has 0 radical (unpaired) electrons. The van der Waals surface area contributed by atoms with E-state index in [2.05, 4.69) is 20.7 Å². The Labute approximate surface area is 135 Å². The summed E-state index contributed by atoms with van der Waals surface area (Å²) in [6, 6.07) is 5.80. The molecule has 118 valence electrons. The first-order chi connectivity index (χ1) is 10.2. The Morgan fingerprint density at radius 1 is 1.45 bits per heavy atom. The van der Waals surface area contributed by atoms with E-state index >= 15 is 0 Å². The van der Waals surface area contributed by atoms with E-state index in [1.165, 1.54) is 0 Å². The zero-order valence-electron chi connectivity index (χ0n) is 12.5. The lowest BCUT2D eigenvalue weighted by atomic mass is 10.1. The first kappa shape index (κ1) is 16.5. The fourth-order valence-corrected chi connectivity index (χ4v) is 2.51. The highest BCUT2D eigenvalue weighted by molar-refractivity contribution is 6.02. The quantitative estimate of drug-likeness (QED) is 0.909. The van der Waals surface area contributed by atoms with Gasteiger partial charge in [0, 0.05) is 18.9 Å². The highest BCUT2D eigenvalue weighted by atomic mass is 35.5. The average Bonchev–Trinajstić information content (AvgIpc) is 2.98. The van der Waals surface area contributed by atoms with Crippen LogP contribution in [0.3, 0.4) is 0 Å². The van der Waals surface area contributed by atoms with Gasteiger partial charge in [-0.1, -0.05) is 0 Å². The van der Waals surface area contributed by atoms with Gasteiger partial charge < -0.3 is 10.6 Å². The summed E-state index contributed by atoms with van der Waals surface area (Å²) in [7, 11) is 0. The molecule has 3 heterocycles. The minimum Gasteiger partial charge on any atom is -0.315 e. The van der Waals surface area contributed by atoms with Gasteiger partial charge in [0.25, 0.3) is 5.91 Å². The van der Waals surface area contributed by atoms with Gasteiger partial charge in [0.15, 0.2) is 5.69 Å². The number of anilines is 1. The van der Waals surface area contributed by atoms with Gasteiger partial charge in [0.2, 0.25) is 0 Å². The summed E-state index contributed by atoms with van der Waals surface area (Å²) < 4.78 is 1.88. The number of amides is 1. The molecule has 1 aliphatic rings. The Hall–Kier alpha value is -1.92. The highest BCUT2D eigenvalue weighted by Crippen LogP contribution is 2.16. The molecule has 0 aliphatic carbocycles. The maximum Gasteiger partial charge on any atom is 0.277 e. The molecule has 22 heavy (non-hydrogen) atoms. The van der Waals surface area contributed by atoms with Crippen molar-refractivity contribution < 1.29 is 4.79 Å². The summed E-state index contributed by atoms with van der Waals surface area (Å²) in [6.45, 7) is 3.93. The molecular formula is C15H20ClN5O. The first-order valence-electron chi connectivity index (χ1n) is 7.22. The fourth-order valence-electron chi connectivity index (χ4n) is 2.51. The molecule has 1 fully saturated rings. The van der Waals surface area contributed by atoms with E-state index in [0.717, 1.165) is 31.5 Å². The summed E-state index contributed by atoms with van der Waals surface area (Å²) in [5.41, 5.74) is 1.47. The van der Waals surface area contributed by atoms with E-state index < -0.39 is 0 Å². The minimum absolute atomic E-state index is 0. The van der Waals surface area contributed by atoms with Crippen molar-refractivity contribution in [1.82, 2.24) is 20.1 Å². The van der Waals surface area contributed by atoms with Crippen molar-refractivity contribution in [1.29, 1.82) is 0 Å².